The molecule has 4 aromatic rings. The Morgan fingerprint density at radius 1 is 1.11 bits per heavy atom. The average molecular weight is 612 g/mol. The molecule has 3 aliphatic rings. The van der Waals surface area contributed by atoms with Crippen LogP contribution in [-0.4, -0.2) is 88.8 Å². The third-order valence-electron chi connectivity index (χ3n) is 8.59. The van der Waals surface area contributed by atoms with E-state index in [2.05, 4.69) is 20.2 Å². The van der Waals surface area contributed by atoms with Crippen molar-refractivity contribution in [1.29, 1.82) is 0 Å². The Kier molecular flexibility index (Phi) is 6.60. The molecule has 2 unspecified atom stereocenters. The summed E-state index contributed by atoms with van der Waals surface area (Å²) < 4.78 is 7.48. The number of amides is 3. The number of imide groups is 1. The molecule has 4 aromatic heterocycles. The van der Waals surface area contributed by atoms with E-state index in [1.54, 1.807) is 23.5 Å². The van der Waals surface area contributed by atoms with E-state index in [4.69, 9.17) is 14.7 Å². The van der Waals surface area contributed by atoms with Crippen molar-refractivity contribution in [1.82, 2.24) is 34.3 Å². The van der Waals surface area contributed by atoms with E-state index in [0.717, 1.165) is 34.5 Å². The first-order valence-corrected chi connectivity index (χ1v) is 14.8. The molecule has 7 heterocycles. The fraction of sp³-hybridized carbons (Fsp3) is 0.387. The number of hydrogen-bond acceptors (Lipinski definition) is 10. The monoisotopic (exact) mass is 611 g/mol. The zero-order valence-corrected chi connectivity index (χ0v) is 25.4. The number of nitrogens with zero attached hydrogens (tertiary/aromatic N) is 8. The number of aryl methyl sites for hydroxylation is 1. The second-order valence-corrected chi connectivity index (χ2v) is 12.7. The van der Waals surface area contributed by atoms with Gasteiger partial charge in [-0.25, -0.2) is 24.5 Å². The van der Waals surface area contributed by atoms with Crippen LogP contribution in [0.1, 0.15) is 43.1 Å². The number of hydrogen-bond donors (Lipinski definition) is 2. The predicted molar refractivity (Wildman–Crippen MR) is 164 cm³/mol. The number of likely N-dealkylation sites (tertiary alicyclic amines) is 1. The third-order valence-corrected chi connectivity index (χ3v) is 8.59. The molecule has 2 saturated heterocycles. The van der Waals surface area contributed by atoms with Crippen molar-refractivity contribution < 1.29 is 24.2 Å². The van der Waals surface area contributed by atoms with E-state index in [9.17, 15) is 19.5 Å². The molecule has 3 aliphatic heterocycles. The van der Waals surface area contributed by atoms with Crippen LogP contribution in [0.2, 0.25) is 0 Å². The van der Waals surface area contributed by atoms with Crippen molar-refractivity contribution in [3.63, 3.8) is 0 Å². The predicted octanol–water partition coefficient (Wildman–Crippen LogP) is 4.25. The minimum absolute atomic E-state index is 0.0770. The van der Waals surface area contributed by atoms with E-state index in [1.165, 1.54) is 6.20 Å². The molecule has 0 aromatic carbocycles. The maximum Gasteiger partial charge on any atom is 0.414 e. The Hall–Kier alpha value is -5.27. The number of ether oxygens (including phenoxy) is 1. The first-order valence-electron chi connectivity index (χ1n) is 14.8. The van der Waals surface area contributed by atoms with Gasteiger partial charge in [-0.15, -0.1) is 0 Å². The van der Waals surface area contributed by atoms with E-state index < -0.39 is 17.6 Å². The van der Waals surface area contributed by atoms with Crippen LogP contribution in [0.15, 0.2) is 43.1 Å². The minimum Gasteiger partial charge on any atom is -0.465 e. The highest BCUT2D eigenvalue weighted by atomic mass is 16.6. The number of anilines is 3. The van der Waals surface area contributed by atoms with E-state index in [-0.39, 0.29) is 24.2 Å². The van der Waals surface area contributed by atoms with Gasteiger partial charge in [0.1, 0.15) is 17.1 Å². The van der Waals surface area contributed by atoms with Crippen LogP contribution in [0, 0.1) is 5.92 Å². The first-order chi connectivity index (χ1) is 21.5. The summed E-state index contributed by atoms with van der Waals surface area (Å²) in [5.74, 6) is 0.675. The zero-order chi connectivity index (χ0) is 31.6. The van der Waals surface area contributed by atoms with Crippen molar-refractivity contribution >= 4 is 46.5 Å². The fourth-order valence-electron chi connectivity index (χ4n) is 6.58. The van der Waals surface area contributed by atoms with Gasteiger partial charge < -0.3 is 29.5 Å². The van der Waals surface area contributed by atoms with Crippen LogP contribution in [0.5, 0.6) is 0 Å². The zero-order valence-electron chi connectivity index (χ0n) is 25.4. The molecule has 2 fully saturated rings. The Morgan fingerprint density at radius 2 is 1.93 bits per heavy atom. The van der Waals surface area contributed by atoms with Gasteiger partial charge in [0, 0.05) is 61.5 Å². The Morgan fingerprint density at radius 3 is 2.71 bits per heavy atom. The molecular weight excluding hydrogens is 578 g/mol. The number of pyridine rings is 2. The molecule has 45 heavy (non-hydrogen) atoms. The summed E-state index contributed by atoms with van der Waals surface area (Å²) in [6.45, 7) is 7.36. The number of carbonyl (C=O) groups is 3. The maximum absolute atomic E-state index is 13.4. The molecule has 0 aliphatic carbocycles. The Bertz CT molecular complexity index is 1870. The van der Waals surface area contributed by atoms with Crippen LogP contribution < -0.4 is 10.2 Å². The van der Waals surface area contributed by atoms with Crippen molar-refractivity contribution in [2.24, 2.45) is 13.0 Å². The molecule has 2 atom stereocenters. The van der Waals surface area contributed by atoms with E-state index >= 15 is 0 Å². The van der Waals surface area contributed by atoms with E-state index in [1.807, 2.05) is 50.7 Å². The van der Waals surface area contributed by atoms with Gasteiger partial charge >= 0.3 is 12.2 Å². The summed E-state index contributed by atoms with van der Waals surface area (Å²) in [5.41, 5.74) is 2.52. The molecule has 0 bridgehead atoms. The van der Waals surface area contributed by atoms with Gasteiger partial charge in [0.15, 0.2) is 5.82 Å². The number of nitrogens with one attached hydrogen (secondary N) is 1. The molecule has 3 amide bonds. The van der Waals surface area contributed by atoms with Gasteiger partial charge in [-0.1, -0.05) is 0 Å². The SMILES string of the molecule is Cn1ccc2c(-c3ncc(Nc4cncc(N5CCC6CN(C(=O)OC(C)(C)C)CC65)n4)c4c3CN(C(=O)O)C4=O)ccnc21. The lowest BCUT2D eigenvalue weighted by Gasteiger charge is -2.27. The lowest BCUT2D eigenvalue weighted by molar-refractivity contribution is 0.0284. The van der Waals surface area contributed by atoms with Crippen molar-refractivity contribution in [3.05, 3.63) is 54.2 Å². The molecule has 0 spiro atoms. The van der Waals surface area contributed by atoms with Gasteiger partial charge in [-0.3, -0.25) is 14.8 Å². The molecule has 0 saturated carbocycles. The number of carbonyl (C=O) groups excluding carboxylic acids is 2. The highest BCUT2D eigenvalue weighted by Crippen LogP contribution is 2.39. The van der Waals surface area contributed by atoms with Crippen LogP contribution in [0.4, 0.5) is 26.9 Å². The maximum atomic E-state index is 13.4. The smallest absolute Gasteiger partial charge is 0.414 e. The van der Waals surface area contributed by atoms with Gasteiger partial charge in [-0.2, -0.15) is 0 Å². The lowest BCUT2D eigenvalue weighted by Crippen LogP contribution is -2.39. The average Bonchev–Trinajstić information content (AvgIpc) is 3.75. The number of carboxylic acid groups (broad SMARTS) is 1. The molecule has 14 heteroatoms. The van der Waals surface area contributed by atoms with Gasteiger partial charge in [0.05, 0.1) is 48.1 Å². The summed E-state index contributed by atoms with van der Waals surface area (Å²) in [6, 6.07) is 3.81. The van der Waals surface area contributed by atoms with Crippen molar-refractivity contribution in [2.75, 3.05) is 29.9 Å². The number of aromatic nitrogens is 5. The van der Waals surface area contributed by atoms with Gasteiger partial charge in [-0.05, 0) is 39.3 Å². The highest BCUT2D eigenvalue weighted by Gasteiger charge is 2.44. The molecule has 7 rings (SSSR count). The van der Waals surface area contributed by atoms with Gasteiger partial charge in [0.25, 0.3) is 5.91 Å². The molecular formula is C31H33N9O5. The fourth-order valence-corrected chi connectivity index (χ4v) is 6.58. The van der Waals surface area contributed by atoms with Crippen molar-refractivity contribution in [2.45, 2.75) is 45.4 Å². The van der Waals surface area contributed by atoms with Crippen LogP contribution in [0.3, 0.4) is 0 Å². The van der Waals surface area contributed by atoms with Crippen LogP contribution in [-0.2, 0) is 18.3 Å². The van der Waals surface area contributed by atoms with Crippen LogP contribution >= 0.6 is 0 Å². The first kappa shape index (κ1) is 28.5. The topological polar surface area (TPSA) is 159 Å². The number of fused-ring (bicyclic) bond motifs is 3. The quantitative estimate of drug-likeness (QED) is 0.340. The lowest BCUT2D eigenvalue weighted by atomic mass is 10.0. The van der Waals surface area contributed by atoms with Gasteiger partial charge in [0.2, 0.25) is 0 Å². The molecule has 232 valence electrons. The molecule has 2 N–H and O–H groups in total. The summed E-state index contributed by atoms with van der Waals surface area (Å²) >= 11 is 0. The normalized spacial score (nSPS) is 19.3. The third kappa shape index (κ3) is 4.95. The Labute approximate surface area is 258 Å². The summed E-state index contributed by atoms with van der Waals surface area (Å²) in [7, 11) is 1.89. The van der Waals surface area contributed by atoms with Crippen molar-refractivity contribution in [3.8, 4) is 11.3 Å². The molecule has 0 radical (unpaired) electrons. The second-order valence-electron chi connectivity index (χ2n) is 12.7. The van der Waals surface area contributed by atoms with E-state index in [0.29, 0.717) is 47.6 Å². The largest absolute Gasteiger partial charge is 0.465 e. The molecule has 14 nitrogen and oxygen atoms in total. The minimum atomic E-state index is -1.34. The summed E-state index contributed by atoms with van der Waals surface area (Å²) in [6.07, 6.45) is 7.57. The highest BCUT2D eigenvalue weighted by molar-refractivity contribution is 6.11. The summed E-state index contributed by atoms with van der Waals surface area (Å²) in [5, 5.41) is 13.8. The number of rotatable bonds is 4. The second kappa shape index (κ2) is 10.4. The standard InChI is InChI=1S/C31H33N9O5/c1-31(2,3)45-30(44)38-14-17-6-10-39(22(17)16-38)24-13-32-12-23(36-24)35-21-11-34-26(20-15-40(29(42)43)28(41)25(20)21)18-5-8-33-27-19(18)7-9-37(27)4/h5,7-9,11-13,17,22H,6,10,14-16H2,1-4H3,(H,35,36)(H,42,43). The van der Waals surface area contributed by atoms with Crippen LogP contribution in [0.25, 0.3) is 22.3 Å². The summed E-state index contributed by atoms with van der Waals surface area (Å²) in [4.78, 5) is 61.3. The Balaban J connectivity index is 1.19.